The smallest absolute Gasteiger partial charge is 0.414 e. The van der Waals surface area contributed by atoms with Crippen molar-refractivity contribution in [2.45, 2.75) is 103 Å². The number of benzene rings is 1. The molecule has 0 N–H and O–H groups in total. The van der Waals surface area contributed by atoms with Crippen LogP contribution in [0.4, 0.5) is 10.5 Å². The number of anilines is 1. The Labute approximate surface area is 208 Å². The van der Waals surface area contributed by atoms with Crippen molar-refractivity contribution in [2.75, 3.05) is 18.6 Å². The summed E-state index contributed by atoms with van der Waals surface area (Å²) in [5, 5.41) is 0. The zero-order valence-electron chi connectivity index (χ0n) is 21.4. The number of aromatic nitrogens is 2. The molecule has 0 spiro atoms. The highest BCUT2D eigenvalue weighted by molar-refractivity contribution is 5.95. The molecule has 0 bridgehead atoms. The molecule has 2 aliphatic heterocycles. The number of imidazole rings is 1. The number of carbonyl (C=O) groups is 2. The summed E-state index contributed by atoms with van der Waals surface area (Å²) in [5.74, 6) is 1.53. The molecule has 2 aromatic rings. The van der Waals surface area contributed by atoms with Crippen LogP contribution in [0.15, 0.2) is 12.1 Å². The first-order valence-electron chi connectivity index (χ1n) is 13.5. The Morgan fingerprint density at radius 2 is 2.00 bits per heavy atom. The van der Waals surface area contributed by atoms with Gasteiger partial charge in [-0.15, -0.1) is 0 Å². The van der Waals surface area contributed by atoms with Gasteiger partial charge in [0.2, 0.25) is 0 Å². The average molecular weight is 482 g/mol. The van der Waals surface area contributed by atoms with E-state index in [0.29, 0.717) is 11.9 Å². The molecule has 1 aromatic heterocycles. The zero-order valence-corrected chi connectivity index (χ0v) is 21.4. The minimum atomic E-state index is -0.316. The molecule has 1 saturated heterocycles. The van der Waals surface area contributed by atoms with E-state index in [-0.39, 0.29) is 24.1 Å². The molecule has 1 saturated carbocycles. The van der Waals surface area contributed by atoms with Gasteiger partial charge >= 0.3 is 6.09 Å². The standard InChI is InChI=1S/C28H39N3O4/c1-18-10-12-23-24(30(18)28(33)34-3)13-14-25-27(23)29-26(15-11-22-9-4-5-16-35-22)31(25)21-8-6-7-20(17-21)19(2)32/h13-14,18,20-22H,4-12,15-17H2,1-3H3/t18-,20+,21+,22+/m0/s1. The minimum Gasteiger partial charge on any atom is -0.452 e. The number of rotatable bonds is 5. The predicted molar refractivity (Wildman–Crippen MR) is 136 cm³/mol. The Bertz CT molecular complexity index is 1090. The predicted octanol–water partition coefficient (Wildman–Crippen LogP) is 5.77. The van der Waals surface area contributed by atoms with Gasteiger partial charge in [-0.25, -0.2) is 9.78 Å². The molecule has 3 heterocycles. The zero-order chi connectivity index (χ0) is 24.5. The van der Waals surface area contributed by atoms with Crippen molar-refractivity contribution in [3.05, 3.63) is 23.5 Å². The summed E-state index contributed by atoms with van der Waals surface area (Å²) in [4.78, 5) is 31.9. The van der Waals surface area contributed by atoms with Gasteiger partial charge in [-0.3, -0.25) is 9.69 Å². The molecular formula is C28H39N3O4. The summed E-state index contributed by atoms with van der Waals surface area (Å²) >= 11 is 0. The highest BCUT2D eigenvalue weighted by Gasteiger charge is 2.33. The Morgan fingerprint density at radius 3 is 2.74 bits per heavy atom. The lowest BCUT2D eigenvalue weighted by Gasteiger charge is -2.34. The number of Topliss-reactive ketones (excluding diaryl/α,β-unsaturated/α-hetero) is 1. The van der Waals surface area contributed by atoms with E-state index in [0.717, 1.165) is 98.9 Å². The number of nitrogens with zero attached hydrogens (tertiary/aromatic N) is 3. The van der Waals surface area contributed by atoms with E-state index in [4.69, 9.17) is 14.5 Å². The van der Waals surface area contributed by atoms with Crippen LogP contribution in [0.3, 0.4) is 0 Å². The number of aryl methyl sites for hydroxylation is 2. The third-order valence-electron chi connectivity index (χ3n) is 8.45. The van der Waals surface area contributed by atoms with Crippen LogP contribution in [0, 0.1) is 5.92 Å². The maximum atomic E-state index is 12.6. The Balaban J connectivity index is 1.56. The highest BCUT2D eigenvalue weighted by Crippen LogP contribution is 2.41. The first-order chi connectivity index (χ1) is 17.0. The number of hydrogen-bond donors (Lipinski definition) is 0. The van der Waals surface area contributed by atoms with Crippen molar-refractivity contribution >= 4 is 28.6 Å². The van der Waals surface area contributed by atoms with Gasteiger partial charge in [0, 0.05) is 36.6 Å². The first-order valence-corrected chi connectivity index (χ1v) is 13.5. The molecule has 1 aromatic carbocycles. The number of ketones is 1. The highest BCUT2D eigenvalue weighted by atomic mass is 16.5. The molecule has 7 nitrogen and oxygen atoms in total. The molecule has 3 aliphatic rings. The molecule has 0 radical (unpaired) electrons. The fourth-order valence-corrected chi connectivity index (χ4v) is 6.50. The number of fused-ring (bicyclic) bond motifs is 3. The van der Waals surface area contributed by atoms with Crippen LogP contribution in [0.25, 0.3) is 11.0 Å². The van der Waals surface area contributed by atoms with Crippen molar-refractivity contribution < 1.29 is 19.1 Å². The van der Waals surface area contributed by atoms with E-state index in [9.17, 15) is 9.59 Å². The van der Waals surface area contributed by atoms with Gasteiger partial charge in [0.05, 0.1) is 29.9 Å². The maximum absolute atomic E-state index is 12.6. The lowest BCUT2D eigenvalue weighted by atomic mass is 9.83. The summed E-state index contributed by atoms with van der Waals surface area (Å²) in [6.07, 6.45) is 11.1. The molecule has 2 fully saturated rings. The normalized spacial score (nSPS) is 27.0. The molecule has 0 unspecified atom stereocenters. The molecule has 5 rings (SSSR count). The topological polar surface area (TPSA) is 73.7 Å². The summed E-state index contributed by atoms with van der Waals surface area (Å²) in [6, 6.07) is 4.57. The largest absolute Gasteiger partial charge is 0.452 e. The molecule has 35 heavy (non-hydrogen) atoms. The molecule has 1 aliphatic carbocycles. The average Bonchev–Trinajstić information content (AvgIpc) is 3.26. The Hall–Kier alpha value is -2.41. The lowest BCUT2D eigenvalue weighted by Crippen LogP contribution is -2.42. The van der Waals surface area contributed by atoms with Gasteiger partial charge in [-0.2, -0.15) is 0 Å². The van der Waals surface area contributed by atoms with E-state index in [1.165, 1.54) is 13.5 Å². The fourth-order valence-electron chi connectivity index (χ4n) is 6.50. The van der Waals surface area contributed by atoms with Crippen molar-refractivity contribution in [3.63, 3.8) is 0 Å². The second-order valence-corrected chi connectivity index (χ2v) is 10.7. The third-order valence-corrected chi connectivity index (χ3v) is 8.45. The first kappa shape index (κ1) is 24.3. The van der Waals surface area contributed by atoms with Crippen molar-refractivity contribution in [2.24, 2.45) is 5.92 Å². The van der Waals surface area contributed by atoms with Crippen LogP contribution in [-0.2, 0) is 27.1 Å². The molecule has 7 heteroatoms. The van der Waals surface area contributed by atoms with Crippen LogP contribution in [0.2, 0.25) is 0 Å². The van der Waals surface area contributed by atoms with Gasteiger partial charge < -0.3 is 14.0 Å². The van der Waals surface area contributed by atoms with Gasteiger partial charge in [0.25, 0.3) is 0 Å². The van der Waals surface area contributed by atoms with Crippen LogP contribution < -0.4 is 4.90 Å². The second kappa shape index (κ2) is 10.3. The fraction of sp³-hybridized carbons (Fsp3) is 0.679. The number of ether oxygens (including phenoxy) is 2. The molecule has 1 amide bonds. The van der Waals surface area contributed by atoms with Crippen molar-refractivity contribution in [1.82, 2.24) is 9.55 Å². The van der Waals surface area contributed by atoms with Crippen LogP contribution >= 0.6 is 0 Å². The van der Waals surface area contributed by atoms with Crippen LogP contribution in [-0.4, -0.2) is 47.3 Å². The number of amides is 1. The van der Waals surface area contributed by atoms with Crippen molar-refractivity contribution in [1.29, 1.82) is 0 Å². The van der Waals surface area contributed by atoms with E-state index >= 15 is 0 Å². The molecular weight excluding hydrogens is 442 g/mol. The summed E-state index contributed by atoms with van der Waals surface area (Å²) in [7, 11) is 1.44. The Kier molecular flexibility index (Phi) is 7.14. The minimum absolute atomic E-state index is 0.0899. The lowest BCUT2D eigenvalue weighted by molar-refractivity contribution is -0.122. The Morgan fingerprint density at radius 1 is 1.14 bits per heavy atom. The van der Waals surface area contributed by atoms with E-state index in [1.807, 2.05) is 0 Å². The van der Waals surface area contributed by atoms with Gasteiger partial charge in [0.15, 0.2) is 0 Å². The monoisotopic (exact) mass is 481 g/mol. The van der Waals surface area contributed by atoms with Crippen molar-refractivity contribution in [3.8, 4) is 0 Å². The van der Waals surface area contributed by atoms with E-state index in [2.05, 4.69) is 23.6 Å². The van der Waals surface area contributed by atoms with Crippen LogP contribution in [0.5, 0.6) is 0 Å². The molecule has 4 atom stereocenters. The summed E-state index contributed by atoms with van der Waals surface area (Å²) in [5.41, 5.74) is 4.20. The van der Waals surface area contributed by atoms with Gasteiger partial charge in [0.1, 0.15) is 11.6 Å². The second-order valence-electron chi connectivity index (χ2n) is 10.7. The summed E-state index contributed by atoms with van der Waals surface area (Å²) < 4.78 is 13.6. The summed E-state index contributed by atoms with van der Waals surface area (Å²) in [6.45, 7) is 4.67. The number of methoxy groups -OCH3 is 1. The SMILES string of the molecule is COC(=O)N1c2ccc3c(nc(CC[C@H]4CCCCO4)n3[C@@H]3CCC[C@@H](C(C)=O)C3)c2CC[C@@H]1C. The quantitative estimate of drug-likeness (QED) is 0.542. The number of hydrogen-bond acceptors (Lipinski definition) is 5. The van der Waals surface area contributed by atoms with Crippen LogP contribution in [0.1, 0.15) is 89.1 Å². The maximum Gasteiger partial charge on any atom is 0.414 e. The third kappa shape index (κ3) is 4.72. The van der Waals surface area contributed by atoms with E-state index < -0.39 is 0 Å². The van der Waals surface area contributed by atoms with E-state index in [1.54, 1.807) is 11.8 Å². The van der Waals surface area contributed by atoms with Gasteiger partial charge in [-0.1, -0.05) is 6.42 Å². The molecule has 190 valence electrons. The van der Waals surface area contributed by atoms with Gasteiger partial charge in [-0.05, 0) is 83.8 Å². The number of carbonyl (C=O) groups excluding carboxylic acids is 2.